The molecule has 0 aromatic rings. The van der Waals surface area contributed by atoms with Crippen LogP contribution in [0.3, 0.4) is 0 Å². The van der Waals surface area contributed by atoms with Crippen molar-refractivity contribution in [3.8, 4) is 0 Å². The molecule has 1 N–H and O–H groups in total. The van der Waals surface area contributed by atoms with Crippen molar-refractivity contribution in [1.29, 1.82) is 0 Å². The molecule has 2 aliphatic rings. The average molecular weight is 292 g/mol. The highest BCUT2D eigenvalue weighted by atomic mass is 32.2. The first kappa shape index (κ1) is 14.7. The summed E-state index contributed by atoms with van der Waals surface area (Å²) < 4.78 is 32.7. The molecule has 2 rings (SSSR count). The molecule has 2 aliphatic heterocycles. The number of aliphatic carboxylic acids is 1. The van der Waals surface area contributed by atoms with E-state index in [1.807, 2.05) is 0 Å². The number of hydrogen-bond donors (Lipinski definition) is 1. The molecule has 2 fully saturated rings. The van der Waals surface area contributed by atoms with Gasteiger partial charge in [-0.25, -0.2) is 0 Å². The van der Waals surface area contributed by atoms with E-state index in [0.29, 0.717) is 38.9 Å². The van der Waals surface area contributed by atoms with Crippen molar-refractivity contribution in [3.05, 3.63) is 0 Å². The monoisotopic (exact) mass is 292 g/mol. The lowest BCUT2D eigenvalue weighted by Gasteiger charge is -2.32. The Bertz CT molecular complexity index is 438. The van der Waals surface area contributed by atoms with E-state index in [1.165, 1.54) is 8.61 Å². The Kier molecular flexibility index (Phi) is 4.44. The van der Waals surface area contributed by atoms with Gasteiger partial charge in [-0.2, -0.15) is 17.0 Å². The molecule has 2 atom stereocenters. The topological polar surface area (TPSA) is 87.2 Å². The molecule has 0 aromatic carbocycles. The summed E-state index contributed by atoms with van der Waals surface area (Å²) in [5.74, 6) is -1.51. The molecule has 2 saturated heterocycles. The maximum Gasteiger partial charge on any atom is 0.307 e. The second-order valence-electron chi connectivity index (χ2n) is 5.05. The van der Waals surface area contributed by atoms with Crippen LogP contribution in [-0.2, 0) is 19.7 Å². The molecule has 7 nitrogen and oxygen atoms in total. The van der Waals surface area contributed by atoms with Gasteiger partial charge in [-0.15, -0.1) is 0 Å². The first-order chi connectivity index (χ1) is 8.95. The van der Waals surface area contributed by atoms with Gasteiger partial charge in [-0.05, 0) is 19.3 Å². The van der Waals surface area contributed by atoms with Gasteiger partial charge in [-0.1, -0.05) is 0 Å². The number of hydrogen-bond acceptors (Lipinski definition) is 4. The molecular weight excluding hydrogens is 272 g/mol. The number of carbonyl (C=O) groups is 1. The summed E-state index contributed by atoms with van der Waals surface area (Å²) in [6, 6.07) is 0. The largest absolute Gasteiger partial charge is 0.481 e. The van der Waals surface area contributed by atoms with Gasteiger partial charge >= 0.3 is 5.97 Å². The Labute approximate surface area is 113 Å². The minimum Gasteiger partial charge on any atom is -0.481 e. The van der Waals surface area contributed by atoms with Crippen molar-refractivity contribution >= 4 is 16.2 Å². The van der Waals surface area contributed by atoms with E-state index in [2.05, 4.69) is 0 Å². The van der Waals surface area contributed by atoms with Gasteiger partial charge in [0.15, 0.2) is 0 Å². The molecule has 0 aromatic heterocycles. The molecule has 8 heteroatoms. The first-order valence-corrected chi connectivity index (χ1v) is 7.85. The van der Waals surface area contributed by atoms with E-state index >= 15 is 0 Å². The van der Waals surface area contributed by atoms with Crippen molar-refractivity contribution in [1.82, 2.24) is 8.61 Å². The highest BCUT2D eigenvalue weighted by Gasteiger charge is 2.39. The van der Waals surface area contributed by atoms with Crippen LogP contribution in [0, 0.1) is 5.92 Å². The second kappa shape index (κ2) is 5.74. The number of rotatable bonds is 4. The Balaban J connectivity index is 2.05. The Morgan fingerprint density at radius 2 is 1.89 bits per heavy atom. The third-order valence-electron chi connectivity index (χ3n) is 3.83. The summed E-state index contributed by atoms with van der Waals surface area (Å²) in [6.45, 7) is 1.27. The van der Waals surface area contributed by atoms with Gasteiger partial charge in [0.2, 0.25) is 0 Å². The predicted molar refractivity (Wildman–Crippen MR) is 67.8 cm³/mol. The number of nitrogens with zero attached hydrogens (tertiary/aromatic N) is 2. The minimum atomic E-state index is -3.55. The van der Waals surface area contributed by atoms with Gasteiger partial charge in [0, 0.05) is 33.3 Å². The van der Waals surface area contributed by atoms with Gasteiger partial charge < -0.3 is 9.84 Å². The SMILES string of the molecule is COC1CCN(S(=O)(=O)N2CCCC(C(=O)O)C2)C1. The number of carboxylic acid groups (broad SMARTS) is 1. The van der Waals surface area contributed by atoms with Gasteiger partial charge in [0.1, 0.15) is 0 Å². The van der Waals surface area contributed by atoms with E-state index in [1.54, 1.807) is 7.11 Å². The summed E-state index contributed by atoms with van der Waals surface area (Å²) in [7, 11) is -1.98. The van der Waals surface area contributed by atoms with E-state index < -0.39 is 22.1 Å². The molecular formula is C11H20N2O5S. The molecule has 110 valence electrons. The molecule has 0 aliphatic carbocycles. The zero-order valence-corrected chi connectivity index (χ0v) is 11.8. The smallest absolute Gasteiger partial charge is 0.307 e. The fraction of sp³-hybridized carbons (Fsp3) is 0.909. The fourth-order valence-electron chi connectivity index (χ4n) is 2.62. The van der Waals surface area contributed by atoms with Crippen LogP contribution in [0.1, 0.15) is 19.3 Å². The Hall–Kier alpha value is -0.700. The van der Waals surface area contributed by atoms with Crippen LogP contribution in [-0.4, -0.2) is 67.5 Å². The van der Waals surface area contributed by atoms with Crippen LogP contribution in [0.4, 0.5) is 0 Å². The lowest BCUT2D eigenvalue weighted by molar-refractivity contribution is -0.142. The predicted octanol–water partition coefficient (Wildman–Crippen LogP) is -0.251. The molecule has 0 bridgehead atoms. The number of methoxy groups -OCH3 is 1. The van der Waals surface area contributed by atoms with E-state index in [-0.39, 0.29) is 12.6 Å². The maximum absolute atomic E-state index is 12.4. The summed E-state index contributed by atoms with van der Waals surface area (Å²) in [5.41, 5.74) is 0. The number of carboxylic acids is 1. The van der Waals surface area contributed by atoms with Crippen LogP contribution in [0.25, 0.3) is 0 Å². The third-order valence-corrected chi connectivity index (χ3v) is 5.80. The van der Waals surface area contributed by atoms with E-state index in [9.17, 15) is 13.2 Å². The summed E-state index contributed by atoms with van der Waals surface area (Å²) in [4.78, 5) is 11.0. The fourth-order valence-corrected chi connectivity index (χ4v) is 4.36. The summed E-state index contributed by atoms with van der Waals surface area (Å²) >= 11 is 0. The van der Waals surface area contributed by atoms with Crippen LogP contribution >= 0.6 is 0 Å². The average Bonchev–Trinajstić information content (AvgIpc) is 2.88. The molecule has 0 spiro atoms. The lowest BCUT2D eigenvalue weighted by Crippen LogP contribution is -2.48. The van der Waals surface area contributed by atoms with Crippen LogP contribution in [0.5, 0.6) is 0 Å². The van der Waals surface area contributed by atoms with Crippen molar-refractivity contribution in [2.24, 2.45) is 5.92 Å². The lowest BCUT2D eigenvalue weighted by atomic mass is 10.0. The van der Waals surface area contributed by atoms with E-state index in [0.717, 1.165) is 0 Å². The van der Waals surface area contributed by atoms with Crippen LogP contribution in [0.2, 0.25) is 0 Å². The van der Waals surface area contributed by atoms with Crippen molar-refractivity contribution in [3.63, 3.8) is 0 Å². The summed E-state index contributed by atoms with van der Waals surface area (Å²) in [5, 5.41) is 9.01. The van der Waals surface area contributed by atoms with Crippen molar-refractivity contribution in [2.75, 3.05) is 33.3 Å². The summed E-state index contributed by atoms with van der Waals surface area (Å²) in [6.07, 6.45) is 1.76. The van der Waals surface area contributed by atoms with Crippen LogP contribution in [0.15, 0.2) is 0 Å². The minimum absolute atomic E-state index is 0.0603. The quantitative estimate of drug-likeness (QED) is 0.772. The second-order valence-corrected chi connectivity index (χ2v) is 6.98. The van der Waals surface area contributed by atoms with E-state index in [4.69, 9.17) is 9.84 Å². The Morgan fingerprint density at radius 3 is 2.47 bits per heavy atom. The Morgan fingerprint density at radius 1 is 1.21 bits per heavy atom. The van der Waals surface area contributed by atoms with Crippen molar-refractivity contribution in [2.45, 2.75) is 25.4 Å². The highest BCUT2D eigenvalue weighted by molar-refractivity contribution is 7.86. The standard InChI is InChI=1S/C11H20N2O5S/c1-18-10-4-6-13(8-10)19(16,17)12-5-2-3-9(7-12)11(14)15/h9-10H,2-8H2,1H3,(H,14,15). The van der Waals surface area contributed by atoms with Gasteiger partial charge in [0.25, 0.3) is 10.2 Å². The molecule has 0 radical (unpaired) electrons. The normalized spacial score (nSPS) is 30.6. The molecule has 19 heavy (non-hydrogen) atoms. The first-order valence-electron chi connectivity index (χ1n) is 6.46. The van der Waals surface area contributed by atoms with Gasteiger partial charge in [0.05, 0.1) is 12.0 Å². The third kappa shape index (κ3) is 3.07. The highest BCUT2D eigenvalue weighted by Crippen LogP contribution is 2.24. The molecule has 2 unspecified atom stereocenters. The molecule has 0 saturated carbocycles. The maximum atomic E-state index is 12.4. The zero-order valence-electron chi connectivity index (χ0n) is 11.0. The number of piperidine rings is 1. The number of ether oxygens (including phenoxy) is 1. The molecule has 2 heterocycles. The van der Waals surface area contributed by atoms with Crippen molar-refractivity contribution < 1.29 is 23.1 Å². The van der Waals surface area contributed by atoms with Crippen LogP contribution < -0.4 is 0 Å². The zero-order chi connectivity index (χ0) is 14.0. The molecule has 0 amide bonds. The van der Waals surface area contributed by atoms with Gasteiger partial charge in [-0.3, -0.25) is 4.79 Å².